The Morgan fingerprint density at radius 3 is 2.64 bits per heavy atom. The smallest absolute Gasteiger partial charge is 0.123 e. The zero-order chi connectivity index (χ0) is 9.68. The van der Waals surface area contributed by atoms with E-state index in [2.05, 4.69) is 6.92 Å². The first kappa shape index (κ1) is 13.7. The highest BCUT2D eigenvalue weighted by molar-refractivity contribution is 8.93. The second-order valence-corrected chi connectivity index (χ2v) is 4.37. The molecule has 1 rings (SSSR count). The Hall–Kier alpha value is -0.270. The quantitative estimate of drug-likeness (QED) is 0.505. The first-order valence-corrected chi connectivity index (χ1v) is 5.70. The summed E-state index contributed by atoms with van der Waals surface area (Å²) in [7, 11) is 0.597. The maximum atomic E-state index is 9.43. The Labute approximate surface area is 96.9 Å². The predicted molar refractivity (Wildman–Crippen MR) is 67.8 cm³/mol. The van der Waals surface area contributed by atoms with Crippen LogP contribution in [0.1, 0.15) is 19.8 Å². The van der Waals surface area contributed by atoms with Crippen molar-refractivity contribution in [3.63, 3.8) is 0 Å². The zero-order valence-electron chi connectivity index (χ0n) is 8.16. The van der Waals surface area contributed by atoms with Gasteiger partial charge in [0, 0.05) is 5.30 Å². The van der Waals surface area contributed by atoms with E-state index < -0.39 is 0 Å². The molecule has 0 amide bonds. The molecule has 0 aliphatic heterocycles. The molecule has 0 aromatic heterocycles. The number of benzene rings is 1. The van der Waals surface area contributed by atoms with Gasteiger partial charge >= 0.3 is 0 Å². The van der Waals surface area contributed by atoms with Crippen LogP contribution in [0.15, 0.2) is 18.2 Å². The van der Waals surface area contributed by atoms with Gasteiger partial charge in [-0.1, -0.05) is 21.9 Å². The van der Waals surface area contributed by atoms with Crippen molar-refractivity contribution in [1.82, 2.24) is 0 Å². The molecule has 0 radical (unpaired) electrons. The molecule has 0 bridgehead atoms. The third kappa shape index (κ3) is 4.30. The van der Waals surface area contributed by atoms with Gasteiger partial charge in [0.05, 0.1) is 0 Å². The minimum absolute atomic E-state index is 0. The van der Waals surface area contributed by atoms with Crippen LogP contribution in [0.2, 0.25) is 0 Å². The van der Waals surface area contributed by atoms with E-state index in [0.29, 0.717) is 14.3 Å². The highest BCUT2D eigenvalue weighted by Crippen LogP contribution is 2.22. The topological polar surface area (TPSA) is 40.5 Å². The predicted octanol–water partition coefficient (Wildman–Crippen LogP) is 2.78. The van der Waals surface area contributed by atoms with E-state index in [1.165, 1.54) is 18.9 Å². The minimum Gasteiger partial charge on any atom is -0.508 e. The first-order valence-electron chi connectivity index (χ1n) is 4.50. The summed E-state index contributed by atoms with van der Waals surface area (Å²) in [4.78, 5) is 0. The molecule has 2 N–H and O–H groups in total. The summed E-state index contributed by atoms with van der Waals surface area (Å²) < 4.78 is 0. The highest BCUT2D eigenvalue weighted by atomic mass is 79.9. The molecule has 0 saturated heterocycles. The van der Waals surface area contributed by atoms with Gasteiger partial charge in [0.15, 0.2) is 0 Å². The second kappa shape index (κ2) is 7.08. The fraction of sp³-hybridized carbons (Fsp3) is 0.400. The van der Waals surface area contributed by atoms with Gasteiger partial charge in [-0.2, -0.15) is 0 Å². The van der Waals surface area contributed by atoms with Crippen molar-refractivity contribution in [1.29, 1.82) is 0 Å². The fourth-order valence-corrected chi connectivity index (χ4v) is 2.38. The molecule has 0 aliphatic rings. The van der Waals surface area contributed by atoms with Crippen molar-refractivity contribution in [2.24, 2.45) is 0 Å². The second-order valence-electron chi connectivity index (χ2n) is 2.98. The lowest BCUT2D eigenvalue weighted by Gasteiger charge is -2.04. The van der Waals surface area contributed by atoms with Gasteiger partial charge in [0.2, 0.25) is 0 Å². The standard InChI is InChI=1S/C10H15O2P.BrH/c1-2-3-6-13-10-7-8(11)4-5-9(10)12;/h4-5,7,11-13H,2-3,6H2,1H3;1H. The largest absolute Gasteiger partial charge is 0.508 e. The van der Waals surface area contributed by atoms with Gasteiger partial charge < -0.3 is 10.2 Å². The van der Waals surface area contributed by atoms with Crippen LogP contribution in [0, 0.1) is 0 Å². The Balaban J connectivity index is 0.00000169. The van der Waals surface area contributed by atoms with Gasteiger partial charge in [-0.3, -0.25) is 0 Å². The Bertz CT molecular complexity index is 279. The van der Waals surface area contributed by atoms with Gasteiger partial charge in [0.1, 0.15) is 11.5 Å². The summed E-state index contributed by atoms with van der Waals surface area (Å²) in [6.45, 7) is 2.15. The number of phenols is 2. The maximum absolute atomic E-state index is 9.43. The van der Waals surface area contributed by atoms with E-state index >= 15 is 0 Å². The molecular formula is C10H16BrO2P. The van der Waals surface area contributed by atoms with Crippen LogP contribution in [0.3, 0.4) is 0 Å². The van der Waals surface area contributed by atoms with Crippen LogP contribution < -0.4 is 5.30 Å². The molecule has 0 saturated carbocycles. The molecule has 1 unspecified atom stereocenters. The van der Waals surface area contributed by atoms with Crippen LogP contribution in [-0.2, 0) is 0 Å². The molecule has 1 aromatic rings. The average Bonchev–Trinajstić information content (AvgIpc) is 2.11. The minimum atomic E-state index is 0. The molecule has 0 fully saturated rings. The van der Waals surface area contributed by atoms with Crippen LogP contribution in [0.4, 0.5) is 0 Å². The zero-order valence-corrected chi connectivity index (χ0v) is 10.9. The number of phenolic OH excluding ortho intramolecular Hbond substituents is 2. The van der Waals surface area contributed by atoms with Crippen LogP contribution in [0.5, 0.6) is 11.5 Å². The third-order valence-electron chi connectivity index (χ3n) is 1.83. The molecule has 4 heteroatoms. The monoisotopic (exact) mass is 278 g/mol. The molecule has 0 spiro atoms. The van der Waals surface area contributed by atoms with Gasteiger partial charge in [-0.25, -0.2) is 0 Å². The van der Waals surface area contributed by atoms with E-state index in [1.807, 2.05) is 0 Å². The Morgan fingerprint density at radius 2 is 2.00 bits per heavy atom. The molecule has 1 aromatic carbocycles. The summed E-state index contributed by atoms with van der Waals surface area (Å²) >= 11 is 0. The maximum Gasteiger partial charge on any atom is 0.123 e. The fourth-order valence-electron chi connectivity index (χ4n) is 1.07. The number of hydrogen-bond donors (Lipinski definition) is 2. The van der Waals surface area contributed by atoms with Crippen LogP contribution in [0.25, 0.3) is 0 Å². The number of rotatable bonds is 4. The number of aromatic hydroxyl groups is 2. The molecule has 0 heterocycles. The Morgan fingerprint density at radius 1 is 1.29 bits per heavy atom. The van der Waals surface area contributed by atoms with Gasteiger partial charge in [-0.15, -0.1) is 17.0 Å². The highest BCUT2D eigenvalue weighted by Gasteiger charge is 2.01. The third-order valence-corrected chi connectivity index (χ3v) is 3.21. The van der Waals surface area contributed by atoms with Crippen LogP contribution in [-0.4, -0.2) is 16.4 Å². The van der Waals surface area contributed by atoms with Crippen molar-refractivity contribution in [2.75, 3.05) is 6.16 Å². The van der Waals surface area contributed by atoms with E-state index in [0.717, 1.165) is 11.5 Å². The summed E-state index contributed by atoms with van der Waals surface area (Å²) in [6.07, 6.45) is 3.44. The van der Waals surface area contributed by atoms with E-state index in [1.54, 1.807) is 12.1 Å². The van der Waals surface area contributed by atoms with E-state index in [-0.39, 0.29) is 22.7 Å². The number of halogens is 1. The normalized spacial score (nSPS) is 10.4. The lowest BCUT2D eigenvalue weighted by molar-refractivity contribution is 0.464. The SMILES string of the molecule is Br.CCCCPc1cc(O)ccc1O. The summed E-state index contributed by atoms with van der Waals surface area (Å²) in [5.74, 6) is 0.532. The van der Waals surface area contributed by atoms with Crippen molar-refractivity contribution in [3.8, 4) is 11.5 Å². The average molecular weight is 279 g/mol. The lowest BCUT2D eigenvalue weighted by atomic mass is 10.3. The molecule has 14 heavy (non-hydrogen) atoms. The first-order chi connectivity index (χ1) is 6.24. The van der Waals surface area contributed by atoms with Gasteiger partial charge in [0.25, 0.3) is 0 Å². The summed E-state index contributed by atoms with van der Waals surface area (Å²) in [5.41, 5.74) is 0. The number of hydrogen-bond acceptors (Lipinski definition) is 2. The Kier molecular flexibility index (Phi) is 6.94. The summed E-state index contributed by atoms with van der Waals surface area (Å²) in [5, 5.41) is 19.5. The summed E-state index contributed by atoms with van der Waals surface area (Å²) in [6, 6.07) is 4.69. The van der Waals surface area contributed by atoms with E-state index in [9.17, 15) is 10.2 Å². The molecule has 2 nitrogen and oxygen atoms in total. The van der Waals surface area contributed by atoms with E-state index in [4.69, 9.17) is 0 Å². The molecule has 0 aliphatic carbocycles. The van der Waals surface area contributed by atoms with Crippen LogP contribution >= 0.6 is 25.6 Å². The number of unbranched alkanes of at least 4 members (excludes halogenated alkanes) is 1. The molecule has 1 atom stereocenters. The van der Waals surface area contributed by atoms with Crippen molar-refractivity contribution in [3.05, 3.63) is 18.2 Å². The lowest BCUT2D eigenvalue weighted by Crippen LogP contribution is -1.95. The van der Waals surface area contributed by atoms with Crippen molar-refractivity contribution >= 4 is 30.9 Å². The van der Waals surface area contributed by atoms with Crippen molar-refractivity contribution < 1.29 is 10.2 Å². The van der Waals surface area contributed by atoms with Crippen molar-refractivity contribution in [2.45, 2.75) is 19.8 Å². The molecule has 80 valence electrons. The molecular weight excluding hydrogens is 263 g/mol. The van der Waals surface area contributed by atoms with Gasteiger partial charge in [-0.05, 0) is 30.8 Å².